The van der Waals surface area contributed by atoms with Crippen LogP contribution in [0.4, 0.5) is 0 Å². The average Bonchev–Trinajstić information content (AvgIpc) is 3.55. The molecule has 2 atom stereocenters. The molecule has 2 aliphatic rings. The van der Waals surface area contributed by atoms with Crippen molar-refractivity contribution in [2.75, 3.05) is 34.9 Å². The van der Waals surface area contributed by atoms with E-state index >= 15 is 0 Å². The highest BCUT2D eigenvalue weighted by Crippen LogP contribution is 2.56. The Labute approximate surface area is 205 Å². The van der Waals surface area contributed by atoms with E-state index in [2.05, 4.69) is 0 Å². The van der Waals surface area contributed by atoms with Crippen LogP contribution in [-0.2, 0) is 20.9 Å². The quantitative estimate of drug-likeness (QED) is 0.310. The Kier molecular flexibility index (Phi) is 7.24. The summed E-state index contributed by atoms with van der Waals surface area (Å²) in [6.07, 6.45) is -2.12. The zero-order valence-electron chi connectivity index (χ0n) is 19.7. The Hall–Kier alpha value is -3.94. The minimum absolute atomic E-state index is 0.0749. The number of methoxy groups -OCH3 is 3. The molecule has 194 valence electrons. The molecular weight excluding hydrogens is 482 g/mol. The molecule has 13 nitrogen and oxygen atoms in total. The van der Waals surface area contributed by atoms with Crippen LogP contribution in [0.5, 0.6) is 34.5 Å². The number of hydrogen-bond donors (Lipinski definition) is 3. The number of rotatable bonds is 10. The first-order valence-electron chi connectivity index (χ1n) is 10.7. The molecule has 0 radical (unpaired) electrons. The number of esters is 1. The molecule has 2 unspecified atom stereocenters. The summed E-state index contributed by atoms with van der Waals surface area (Å²) in [4.78, 5) is 23.8. The number of benzene rings is 2. The van der Waals surface area contributed by atoms with Gasteiger partial charge in [-0.15, -0.1) is 0 Å². The number of aliphatic hydroxyl groups excluding tert-OH is 1. The van der Waals surface area contributed by atoms with Crippen LogP contribution >= 0.6 is 0 Å². The van der Waals surface area contributed by atoms with Crippen molar-refractivity contribution in [1.29, 1.82) is 0 Å². The average molecular weight is 507 g/mol. The van der Waals surface area contributed by atoms with Crippen LogP contribution in [0.3, 0.4) is 0 Å². The summed E-state index contributed by atoms with van der Waals surface area (Å²) < 4.78 is 44.0. The standard InChI is InChI=1S/C23H25NO12/c1-29-13-4-10(7-32-23(28)12(24)6-15(25)26)16(20-18(13)33-8-35-20)17-11(22(27)31-3)5-14(30-2)19-21(17)36-9-34-19/h4-5,12,23,28H,6-9,24H2,1-3H3,(H,25,26). The first kappa shape index (κ1) is 25.2. The summed E-state index contributed by atoms with van der Waals surface area (Å²) in [6, 6.07) is 1.84. The van der Waals surface area contributed by atoms with Gasteiger partial charge in [0.1, 0.15) is 0 Å². The van der Waals surface area contributed by atoms with Gasteiger partial charge in [0.15, 0.2) is 29.3 Å². The summed E-state index contributed by atoms with van der Waals surface area (Å²) >= 11 is 0. The summed E-state index contributed by atoms with van der Waals surface area (Å²) in [6.45, 7) is -0.537. The van der Waals surface area contributed by atoms with Crippen molar-refractivity contribution in [3.05, 3.63) is 23.3 Å². The van der Waals surface area contributed by atoms with E-state index in [-0.39, 0.29) is 60.1 Å². The molecule has 0 amide bonds. The Bertz CT molecular complexity index is 1180. The molecule has 0 aliphatic carbocycles. The second kappa shape index (κ2) is 10.4. The molecule has 0 spiro atoms. The molecule has 4 N–H and O–H groups in total. The number of ether oxygens (including phenoxy) is 8. The normalized spacial score (nSPS) is 14.8. The highest BCUT2D eigenvalue weighted by molar-refractivity contribution is 6.03. The highest BCUT2D eigenvalue weighted by Gasteiger charge is 2.36. The number of carbonyl (C=O) groups excluding carboxylic acids is 1. The van der Waals surface area contributed by atoms with Gasteiger partial charge in [0, 0.05) is 11.1 Å². The number of carboxylic acid groups (broad SMARTS) is 1. The van der Waals surface area contributed by atoms with Gasteiger partial charge in [0.2, 0.25) is 25.1 Å². The van der Waals surface area contributed by atoms with E-state index in [9.17, 15) is 14.7 Å². The van der Waals surface area contributed by atoms with Crippen molar-refractivity contribution in [2.45, 2.75) is 25.4 Å². The van der Waals surface area contributed by atoms with Gasteiger partial charge in [-0.25, -0.2) is 4.79 Å². The Morgan fingerprint density at radius 1 is 0.944 bits per heavy atom. The fraction of sp³-hybridized carbons (Fsp3) is 0.391. The van der Waals surface area contributed by atoms with Gasteiger partial charge in [-0.2, -0.15) is 0 Å². The maximum atomic E-state index is 12.9. The highest BCUT2D eigenvalue weighted by atomic mass is 16.7. The Balaban J connectivity index is 1.90. The van der Waals surface area contributed by atoms with E-state index in [0.29, 0.717) is 16.9 Å². The number of aliphatic hydroxyl groups is 1. The molecule has 4 rings (SSSR count). The van der Waals surface area contributed by atoms with E-state index in [1.54, 1.807) is 6.07 Å². The van der Waals surface area contributed by atoms with Crippen LogP contribution in [0.15, 0.2) is 12.1 Å². The summed E-state index contributed by atoms with van der Waals surface area (Å²) in [5.74, 6) is -0.368. The number of hydrogen-bond acceptors (Lipinski definition) is 12. The molecule has 0 saturated heterocycles. The number of fused-ring (bicyclic) bond motifs is 2. The van der Waals surface area contributed by atoms with E-state index in [4.69, 9.17) is 48.7 Å². The van der Waals surface area contributed by atoms with Crippen LogP contribution in [0.25, 0.3) is 11.1 Å². The van der Waals surface area contributed by atoms with Crippen molar-refractivity contribution in [3.63, 3.8) is 0 Å². The van der Waals surface area contributed by atoms with Gasteiger partial charge in [-0.1, -0.05) is 0 Å². The van der Waals surface area contributed by atoms with Crippen LogP contribution in [0.2, 0.25) is 0 Å². The Morgan fingerprint density at radius 2 is 1.50 bits per heavy atom. The maximum absolute atomic E-state index is 12.9. The van der Waals surface area contributed by atoms with Gasteiger partial charge in [-0.3, -0.25) is 4.79 Å². The third-order valence-corrected chi connectivity index (χ3v) is 5.58. The molecule has 2 aliphatic heterocycles. The SMILES string of the molecule is COC(=O)c1cc(OC)c2c(c1-c1c(COC(O)C(N)CC(=O)O)cc(OC)c3c1OCO3)OCO2. The van der Waals surface area contributed by atoms with Gasteiger partial charge < -0.3 is 53.8 Å². The Morgan fingerprint density at radius 3 is 2.06 bits per heavy atom. The van der Waals surface area contributed by atoms with Crippen molar-refractivity contribution in [1.82, 2.24) is 0 Å². The van der Waals surface area contributed by atoms with Gasteiger partial charge in [0.05, 0.1) is 46.0 Å². The monoisotopic (exact) mass is 507 g/mol. The topological polar surface area (TPSA) is 174 Å². The van der Waals surface area contributed by atoms with E-state index in [1.807, 2.05) is 0 Å². The zero-order valence-corrected chi connectivity index (χ0v) is 19.7. The molecule has 0 fully saturated rings. The molecule has 36 heavy (non-hydrogen) atoms. The van der Waals surface area contributed by atoms with Crippen molar-refractivity contribution in [2.24, 2.45) is 5.73 Å². The predicted molar refractivity (Wildman–Crippen MR) is 120 cm³/mol. The van der Waals surface area contributed by atoms with Crippen molar-refractivity contribution >= 4 is 11.9 Å². The first-order chi connectivity index (χ1) is 17.3. The van der Waals surface area contributed by atoms with E-state index in [0.717, 1.165) is 0 Å². The lowest BCUT2D eigenvalue weighted by atomic mass is 9.92. The number of carbonyl (C=O) groups is 2. The molecule has 0 aromatic heterocycles. The lowest BCUT2D eigenvalue weighted by Crippen LogP contribution is -2.38. The molecule has 0 saturated carbocycles. The number of carboxylic acids is 1. The molecule has 2 heterocycles. The van der Waals surface area contributed by atoms with Crippen LogP contribution in [0.1, 0.15) is 22.3 Å². The molecular formula is C23H25NO12. The number of nitrogens with two attached hydrogens (primary N) is 1. The lowest BCUT2D eigenvalue weighted by Gasteiger charge is -2.22. The molecule has 2 aromatic rings. The number of aliphatic carboxylic acids is 1. The fourth-order valence-corrected chi connectivity index (χ4v) is 3.94. The molecule has 2 aromatic carbocycles. The lowest BCUT2D eigenvalue weighted by molar-refractivity contribution is -0.146. The summed E-state index contributed by atoms with van der Waals surface area (Å²) in [5.41, 5.74) is 6.76. The predicted octanol–water partition coefficient (Wildman–Crippen LogP) is 1.25. The van der Waals surface area contributed by atoms with Gasteiger partial charge >= 0.3 is 11.9 Å². The summed E-state index contributed by atoms with van der Waals surface area (Å²) in [5, 5.41) is 19.2. The maximum Gasteiger partial charge on any atom is 0.338 e. The van der Waals surface area contributed by atoms with Gasteiger partial charge in [-0.05, 0) is 17.7 Å². The molecule has 13 heteroatoms. The summed E-state index contributed by atoms with van der Waals surface area (Å²) in [7, 11) is 4.08. The second-order valence-corrected chi connectivity index (χ2v) is 7.70. The van der Waals surface area contributed by atoms with Crippen LogP contribution in [0, 0.1) is 0 Å². The van der Waals surface area contributed by atoms with E-state index in [1.165, 1.54) is 27.4 Å². The third-order valence-electron chi connectivity index (χ3n) is 5.58. The van der Waals surface area contributed by atoms with Crippen LogP contribution < -0.4 is 34.2 Å². The first-order valence-corrected chi connectivity index (χ1v) is 10.7. The zero-order chi connectivity index (χ0) is 26.0. The minimum atomic E-state index is -1.60. The smallest absolute Gasteiger partial charge is 0.338 e. The van der Waals surface area contributed by atoms with Gasteiger partial charge in [0.25, 0.3) is 0 Å². The van der Waals surface area contributed by atoms with Crippen molar-refractivity contribution in [3.8, 4) is 45.6 Å². The second-order valence-electron chi connectivity index (χ2n) is 7.70. The van der Waals surface area contributed by atoms with Crippen LogP contribution in [-0.4, -0.2) is 69.4 Å². The minimum Gasteiger partial charge on any atom is -0.493 e. The van der Waals surface area contributed by atoms with E-state index < -0.39 is 30.7 Å². The largest absolute Gasteiger partial charge is 0.493 e. The molecule has 0 bridgehead atoms. The fourth-order valence-electron chi connectivity index (χ4n) is 3.94. The van der Waals surface area contributed by atoms with Crippen molar-refractivity contribution < 1.29 is 57.7 Å². The third kappa shape index (κ3) is 4.51.